The minimum absolute atomic E-state index is 0.0161. The van der Waals surface area contributed by atoms with Gasteiger partial charge in [0, 0.05) is 16.3 Å². The van der Waals surface area contributed by atoms with Gasteiger partial charge in [-0.1, -0.05) is 0 Å². The van der Waals surface area contributed by atoms with Crippen molar-refractivity contribution >= 4 is 21.4 Å². The van der Waals surface area contributed by atoms with Crippen molar-refractivity contribution < 1.29 is 31.4 Å². The minimum atomic E-state index is -4.43. The molecule has 0 atom stereocenters. The van der Waals surface area contributed by atoms with Crippen molar-refractivity contribution in [2.75, 3.05) is 19.8 Å². The normalized spacial score (nSPS) is 12.8. The fourth-order valence-electron chi connectivity index (χ4n) is 1.38. The maximum absolute atomic E-state index is 11.9. The molecule has 0 radical (unpaired) electrons. The van der Waals surface area contributed by atoms with E-state index in [4.69, 9.17) is 5.11 Å². The number of halogens is 3. The molecular weight excluding hydrogens is 319 g/mol. The van der Waals surface area contributed by atoms with Crippen molar-refractivity contribution in [1.29, 1.82) is 0 Å². The molecule has 5 nitrogen and oxygen atoms in total. The molecule has 2 N–H and O–H groups in total. The van der Waals surface area contributed by atoms with Crippen LogP contribution in [0, 0.1) is 6.92 Å². The molecule has 0 amide bonds. The van der Waals surface area contributed by atoms with E-state index in [9.17, 15) is 21.6 Å². The second-order valence-electron chi connectivity index (χ2n) is 3.86. The highest BCUT2D eigenvalue weighted by Gasteiger charge is 2.27. The first-order chi connectivity index (χ1) is 9.15. The third-order valence-corrected chi connectivity index (χ3v) is 4.92. The van der Waals surface area contributed by atoms with Gasteiger partial charge in [-0.25, -0.2) is 13.1 Å². The highest BCUT2D eigenvalue weighted by atomic mass is 32.2. The lowest BCUT2D eigenvalue weighted by molar-refractivity contribution is -0.173. The smallest absolute Gasteiger partial charge is 0.391 e. The van der Waals surface area contributed by atoms with Crippen LogP contribution in [-0.4, -0.2) is 39.5 Å². The molecule has 1 aromatic heterocycles. The van der Waals surface area contributed by atoms with Gasteiger partial charge in [-0.2, -0.15) is 13.2 Å². The number of rotatable bonds is 7. The first kappa shape index (κ1) is 17.4. The van der Waals surface area contributed by atoms with E-state index in [0.29, 0.717) is 9.75 Å². The second-order valence-corrected chi connectivity index (χ2v) is 6.93. The Morgan fingerprint density at radius 3 is 2.60 bits per heavy atom. The monoisotopic (exact) mass is 333 g/mol. The minimum Gasteiger partial charge on any atom is -0.391 e. The van der Waals surface area contributed by atoms with Gasteiger partial charge in [-0.05, 0) is 13.0 Å². The summed E-state index contributed by atoms with van der Waals surface area (Å²) in [6.07, 6.45) is -4.43. The number of aliphatic hydroxyl groups is 1. The summed E-state index contributed by atoms with van der Waals surface area (Å²) in [6.45, 7) is -0.744. The average Bonchev–Trinajstić information content (AvgIpc) is 2.69. The Labute approximate surface area is 118 Å². The fraction of sp³-hybridized carbons (Fsp3) is 0.600. The maximum Gasteiger partial charge on any atom is 0.411 e. The van der Waals surface area contributed by atoms with E-state index in [-0.39, 0.29) is 24.7 Å². The van der Waals surface area contributed by atoms with Crippen LogP contribution >= 0.6 is 11.3 Å². The second kappa shape index (κ2) is 6.85. The van der Waals surface area contributed by atoms with Crippen LogP contribution in [0.2, 0.25) is 0 Å². The summed E-state index contributed by atoms with van der Waals surface area (Å²) >= 11 is 1.14. The molecule has 0 saturated carbocycles. The first-order valence-electron chi connectivity index (χ1n) is 5.50. The zero-order valence-electron chi connectivity index (χ0n) is 10.5. The van der Waals surface area contributed by atoms with Gasteiger partial charge in [0.1, 0.15) is 6.61 Å². The molecule has 1 aromatic rings. The molecule has 10 heteroatoms. The zero-order valence-corrected chi connectivity index (χ0v) is 12.2. The van der Waals surface area contributed by atoms with Gasteiger partial charge in [-0.15, -0.1) is 11.3 Å². The van der Waals surface area contributed by atoms with Crippen molar-refractivity contribution in [2.24, 2.45) is 0 Å². The number of hydrogen-bond acceptors (Lipinski definition) is 5. The van der Waals surface area contributed by atoms with E-state index in [1.807, 2.05) is 0 Å². The van der Waals surface area contributed by atoms with Crippen LogP contribution in [0.4, 0.5) is 13.2 Å². The van der Waals surface area contributed by atoms with E-state index in [2.05, 4.69) is 9.46 Å². The Morgan fingerprint density at radius 1 is 1.45 bits per heavy atom. The Hall–Kier alpha value is -0.680. The summed E-state index contributed by atoms with van der Waals surface area (Å²) in [5, 5.41) is 8.93. The molecule has 116 valence electrons. The predicted octanol–water partition coefficient (Wildman–Crippen LogP) is 1.41. The van der Waals surface area contributed by atoms with Crippen molar-refractivity contribution in [3.05, 3.63) is 15.8 Å². The van der Waals surface area contributed by atoms with E-state index in [0.717, 1.165) is 11.3 Å². The lowest BCUT2D eigenvalue weighted by Crippen LogP contribution is -2.29. The molecular formula is C10H14F3NO4S2. The topological polar surface area (TPSA) is 75.6 Å². The Kier molecular flexibility index (Phi) is 5.95. The molecule has 0 spiro atoms. The summed E-state index contributed by atoms with van der Waals surface area (Å²) < 4.78 is 65.6. The molecule has 1 heterocycles. The van der Waals surface area contributed by atoms with Gasteiger partial charge >= 0.3 is 6.18 Å². The van der Waals surface area contributed by atoms with Crippen molar-refractivity contribution in [3.8, 4) is 0 Å². The standard InChI is InChI=1S/C10H14F3NO4S2/c1-7-9(4-8(5-15)19-7)20(16,17)14-2-3-18-6-10(11,12)13/h4,14-15H,2-3,5-6H2,1H3. The van der Waals surface area contributed by atoms with E-state index in [1.165, 1.54) is 6.07 Å². The Morgan fingerprint density at radius 2 is 2.10 bits per heavy atom. The SMILES string of the molecule is Cc1sc(CO)cc1S(=O)(=O)NCCOCC(F)(F)F. The van der Waals surface area contributed by atoms with Crippen molar-refractivity contribution in [3.63, 3.8) is 0 Å². The summed E-state index contributed by atoms with van der Waals surface area (Å²) in [5.74, 6) is 0. The molecule has 1 rings (SSSR count). The number of aryl methyl sites for hydroxylation is 1. The number of aliphatic hydroxyl groups excluding tert-OH is 1. The predicted molar refractivity (Wildman–Crippen MR) is 67.0 cm³/mol. The Bertz CT molecular complexity index is 539. The number of thiophene rings is 1. The average molecular weight is 333 g/mol. The Balaban J connectivity index is 2.51. The largest absolute Gasteiger partial charge is 0.411 e. The molecule has 20 heavy (non-hydrogen) atoms. The number of sulfonamides is 1. The molecule has 0 aliphatic carbocycles. The molecule has 0 aromatic carbocycles. The van der Waals surface area contributed by atoms with E-state index >= 15 is 0 Å². The zero-order chi connectivity index (χ0) is 15.4. The number of nitrogens with one attached hydrogen (secondary N) is 1. The summed E-state index contributed by atoms with van der Waals surface area (Å²) in [4.78, 5) is 1.01. The number of alkyl halides is 3. The summed E-state index contributed by atoms with van der Waals surface area (Å²) in [5.41, 5.74) is 0. The molecule has 0 fully saturated rings. The van der Waals surface area contributed by atoms with Crippen LogP contribution in [0.25, 0.3) is 0 Å². The van der Waals surface area contributed by atoms with Crippen LogP contribution in [0.1, 0.15) is 9.75 Å². The van der Waals surface area contributed by atoms with Crippen LogP contribution in [0.5, 0.6) is 0 Å². The third-order valence-electron chi connectivity index (χ3n) is 2.17. The highest BCUT2D eigenvalue weighted by molar-refractivity contribution is 7.89. The third kappa shape index (κ3) is 5.37. The lowest BCUT2D eigenvalue weighted by Gasteiger charge is -2.08. The van der Waals surface area contributed by atoms with Gasteiger partial charge in [0.25, 0.3) is 0 Å². The van der Waals surface area contributed by atoms with Crippen LogP contribution in [0.3, 0.4) is 0 Å². The molecule has 0 saturated heterocycles. The van der Waals surface area contributed by atoms with Crippen molar-refractivity contribution in [2.45, 2.75) is 24.6 Å². The van der Waals surface area contributed by atoms with Crippen LogP contribution in [0.15, 0.2) is 11.0 Å². The summed E-state index contributed by atoms with van der Waals surface area (Å²) in [6, 6.07) is 1.33. The quantitative estimate of drug-likeness (QED) is 0.740. The van der Waals surface area contributed by atoms with Gasteiger partial charge in [0.05, 0.1) is 18.1 Å². The number of ether oxygens (including phenoxy) is 1. The van der Waals surface area contributed by atoms with Gasteiger partial charge in [0.2, 0.25) is 10.0 Å². The van der Waals surface area contributed by atoms with Gasteiger partial charge < -0.3 is 9.84 Å². The van der Waals surface area contributed by atoms with E-state index < -0.39 is 22.8 Å². The molecule has 0 unspecified atom stereocenters. The molecule has 0 aliphatic rings. The maximum atomic E-state index is 11.9. The highest BCUT2D eigenvalue weighted by Crippen LogP contribution is 2.25. The number of hydrogen-bond donors (Lipinski definition) is 2. The van der Waals surface area contributed by atoms with Crippen LogP contribution < -0.4 is 4.72 Å². The summed E-state index contributed by atoms with van der Waals surface area (Å²) in [7, 11) is -3.81. The molecule has 0 aliphatic heterocycles. The van der Waals surface area contributed by atoms with Crippen molar-refractivity contribution in [1.82, 2.24) is 4.72 Å². The van der Waals surface area contributed by atoms with Gasteiger partial charge in [0.15, 0.2) is 0 Å². The van der Waals surface area contributed by atoms with E-state index in [1.54, 1.807) is 6.92 Å². The van der Waals surface area contributed by atoms with Crippen LogP contribution in [-0.2, 0) is 21.4 Å². The van der Waals surface area contributed by atoms with Gasteiger partial charge in [-0.3, -0.25) is 0 Å². The fourth-order valence-corrected chi connectivity index (χ4v) is 3.89. The first-order valence-corrected chi connectivity index (χ1v) is 7.80. The lowest BCUT2D eigenvalue weighted by atomic mass is 10.4. The molecule has 0 bridgehead atoms.